The molecule has 2 rings (SSSR count). The fourth-order valence-electron chi connectivity index (χ4n) is 1.24. The number of ether oxygens (including phenoxy) is 1. The third kappa shape index (κ3) is 9.88. The Labute approximate surface area is 123 Å². The molecule has 0 N–H and O–H groups in total. The van der Waals surface area contributed by atoms with Gasteiger partial charge in [-0.2, -0.15) is 0 Å². The molecule has 0 unspecified atom stereocenters. The predicted octanol–water partition coefficient (Wildman–Crippen LogP) is 6.10. The Morgan fingerprint density at radius 3 is 1.73 bits per heavy atom. The molecule has 0 aliphatic rings. The molecule has 0 aromatic heterocycles. The molecule has 3 nitrogen and oxygen atoms in total. The Balaban J connectivity index is 0.000000295. The van der Waals surface area contributed by atoms with E-state index in [0.717, 1.165) is 0 Å². The zero-order chi connectivity index (χ0) is 16.9. The first kappa shape index (κ1) is 18.1. The Hall–Kier alpha value is -1.94. The normalized spacial score (nSPS) is 13.7. The molecule has 10 heteroatoms. The number of hydrogen-bond acceptors (Lipinski definition) is 2. The van der Waals surface area contributed by atoms with Crippen molar-refractivity contribution in [2.24, 2.45) is 0 Å². The van der Waals surface area contributed by atoms with Crippen molar-refractivity contribution < 1.29 is 21.6 Å². The van der Waals surface area contributed by atoms with Crippen LogP contribution in [-0.2, 0) is 0 Å². The van der Waals surface area contributed by atoms with Gasteiger partial charge in [-0.05, 0) is 18.2 Å². The van der Waals surface area contributed by atoms with E-state index >= 15 is 0 Å². The molecule has 0 saturated heterocycles. The molecule has 0 bridgehead atoms. The number of rotatable bonds is 2. The van der Waals surface area contributed by atoms with Crippen molar-refractivity contribution >= 4 is 25.2 Å². The van der Waals surface area contributed by atoms with E-state index < -0.39 is 19.5 Å². The molecule has 0 saturated carbocycles. The van der Waals surface area contributed by atoms with Crippen molar-refractivity contribution in [3.8, 4) is 11.5 Å². The van der Waals surface area contributed by atoms with Gasteiger partial charge in [0.25, 0.3) is 0 Å². The summed E-state index contributed by atoms with van der Waals surface area (Å²) in [5, 5.41) is 8.74. The molecule has 0 amide bonds. The van der Waals surface area contributed by atoms with Gasteiger partial charge in [0.1, 0.15) is 5.75 Å². The first-order valence-corrected chi connectivity index (χ1v) is 11.4. The third-order valence-corrected chi connectivity index (χ3v) is 1.94. The van der Waals surface area contributed by atoms with E-state index in [9.17, 15) is 16.9 Å². The second-order valence-corrected chi connectivity index (χ2v) is 9.41. The summed E-state index contributed by atoms with van der Waals surface area (Å²) in [4.78, 5) is 3.14. The van der Waals surface area contributed by atoms with Gasteiger partial charge >= 0.3 is 42.0 Å². The quantitative estimate of drug-likeness (QED) is 0.326. The van der Waals surface area contributed by atoms with Gasteiger partial charge in [-0.15, -0.1) is 0 Å². The second kappa shape index (κ2) is 5.69. The minimum absolute atomic E-state index is 0.418. The summed E-state index contributed by atoms with van der Waals surface area (Å²) in [5.41, 5.74) is 0.418. The van der Waals surface area contributed by atoms with E-state index in [1.807, 2.05) is 36.4 Å². The summed E-state index contributed by atoms with van der Waals surface area (Å²) in [6, 6.07) is 16.4. The van der Waals surface area contributed by atoms with Crippen LogP contribution in [0.25, 0.3) is 4.98 Å². The van der Waals surface area contributed by atoms with Crippen LogP contribution < -0.4 is 4.74 Å². The molecule has 0 spiro atoms. The van der Waals surface area contributed by atoms with Crippen molar-refractivity contribution in [2.75, 3.05) is 0 Å². The Morgan fingerprint density at radius 2 is 1.23 bits per heavy atom. The molecule has 0 aliphatic carbocycles. The van der Waals surface area contributed by atoms with Crippen molar-refractivity contribution in [2.45, 2.75) is 0 Å². The molecule has 0 fully saturated rings. The van der Waals surface area contributed by atoms with Gasteiger partial charge in [0.2, 0.25) is 11.1 Å². The van der Waals surface area contributed by atoms with Crippen molar-refractivity contribution in [3.05, 3.63) is 59.6 Å². The van der Waals surface area contributed by atoms with Gasteiger partial charge in [0.05, 0.1) is 0 Å². The summed E-state index contributed by atoms with van der Waals surface area (Å²) < 4.78 is 65.1. The fourth-order valence-corrected chi connectivity index (χ4v) is 1.24. The molecule has 22 heavy (non-hydrogen) atoms. The van der Waals surface area contributed by atoms with Gasteiger partial charge in [0, 0.05) is 6.07 Å². The molecule has 0 aliphatic heterocycles. The first-order valence-electron chi connectivity index (χ1n) is 5.58. The van der Waals surface area contributed by atoms with Crippen LogP contribution in [0.5, 0.6) is 11.5 Å². The summed E-state index contributed by atoms with van der Waals surface area (Å²) in [6.07, 6.45) is 0. The number of halogens is 6. The van der Waals surface area contributed by atoms with E-state index in [1.165, 1.54) is 0 Å². The van der Waals surface area contributed by atoms with E-state index in [4.69, 9.17) is 10.1 Å². The second-order valence-electron chi connectivity index (χ2n) is 3.94. The maximum atomic E-state index is 9.93. The van der Waals surface area contributed by atoms with Crippen molar-refractivity contribution in [1.29, 1.82) is 5.39 Å². The number of hydrogen-bond donors (Lipinski definition) is 0. The zero-order valence-electron chi connectivity index (χ0n) is 10.7. The summed E-state index contributed by atoms with van der Waals surface area (Å²) in [6.45, 7) is 0. The summed E-state index contributed by atoms with van der Waals surface area (Å²) in [5.74, 6) is 1.25. The summed E-state index contributed by atoms with van der Waals surface area (Å²) >= 11 is -11.2. The number of benzene rings is 2. The monoisotopic (exact) mass is 432 g/mol. The average molecular weight is 433 g/mol. The van der Waals surface area contributed by atoms with E-state index in [1.54, 1.807) is 18.2 Å². The van der Waals surface area contributed by atoms with Crippen LogP contribution in [0, 0.1) is 5.39 Å². The topological polar surface area (TPSA) is 37.4 Å². The minimum atomic E-state index is -11.2. The Morgan fingerprint density at radius 1 is 0.773 bits per heavy atom. The standard InChI is InChI=1S/C12H9N2O.6FH.Sb/c13-14-11-8-4-5-9-12(11)15-10-6-2-1-3-7-10;;;;;;;/h1-9H;6*1H;/q+1;;;;;;;+5/p-6. The molecular formula is C12H9F6N2OSb. The predicted molar refractivity (Wildman–Crippen MR) is 70.1 cm³/mol. The van der Waals surface area contributed by atoms with Crippen LogP contribution in [0.2, 0.25) is 0 Å². The van der Waals surface area contributed by atoms with E-state index in [-0.39, 0.29) is 0 Å². The van der Waals surface area contributed by atoms with Crippen LogP contribution >= 0.6 is 0 Å². The fraction of sp³-hybridized carbons (Fsp3) is 0. The third-order valence-electron chi connectivity index (χ3n) is 1.94. The zero-order valence-corrected chi connectivity index (χ0v) is 13.3. The van der Waals surface area contributed by atoms with Gasteiger partial charge in [0.15, 0.2) is 4.98 Å². The summed E-state index contributed by atoms with van der Waals surface area (Å²) in [7, 11) is 0. The van der Waals surface area contributed by atoms with Gasteiger partial charge in [-0.25, -0.2) is 0 Å². The van der Waals surface area contributed by atoms with Crippen LogP contribution in [0.15, 0.2) is 54.6 Å². The molecule has 0 radical (unpaired) electrons. The SMILES string of the molecule is N#[N+]c1ccccc1Oc1ccccc1.[F][Sb-]([F])([F])([F])([F])[F]. The van der Waals surface area contributed by atoms with E-state index in [2.05, 4.69) is 4.98 Å². The molecular weight excluding hydrogens is 424 g/mol. The van der Waals surface area contributed by atoms with Crippen LogP contribution in [0.1, 0.15) is 0 Å². The van der Waals surface area contributed by atoms with Gasteiger partial charge < -0.3 is 4.74 Å². The van der Waals surface area contributed by atoms with Crippen molar-refractivity contribution in [1.82, 2.24) is 0 Å². The molecule has 2 aromatic carbocycles. The number of diazo groups is 1. The molecule has 0 atom stereocenters. The molecule has 2 aromatic rings. The number of para-hydroxylation sites is 2. The Bertz CT molecular complexity index is 670. The molecule has 0 heterocycles. The average Bonchev–Trinajstić information content (AvgIpc) is 2.37. The Kier molecular flexibility index (Phi) is 4.68. The van der Waals surface area contributed by atoms with Gasteiger partial charge in [-0.3, -0.25) is 0 Å². The molecule has 120 valence electrons. The van der Waals surface area contributed by atoms with E-state index in [0.29, 0.717) is 17.2 Å². The van der Waals surface area contributed by atoms with Crippen molar-refractivity contribution in [3.63, 3.8) is 0 Å². The number of nitrogens with zero attached hydrogens (tertiary/aromatic N) is 2. The first-order chi connectivity index (χ1) is 9.85. The van der Waals surface area contributed by atoms with Gasteiger partial charge in [-0.1, -0.05) is 30.3 Å². The maximum absolute atomic E-state index is 11.2. The van der Waals surface area contributed by atoms with Crippen LogP contribution in [0.3, 0.4) is 0 Å². The van der Waals surface area contributed by atoms with Crippen LogP contribution in [-0.4, -0.2) is 19.5 Å². The van der Waals surface area contributed by atoms with Crippen LogP contribution in [0.4, 0.5) is 22.6 Å².